The average Bonchev–Trinajstić information content (AvgIpc) is 2.63. The molecule has 2 aromatic carbocycles. The second-order valence-corrected chi connectivity index (χ2v) is 6.39. The van der Waals surface area contributed by atoms with E-state index in [4.69, 9.17) is 23.2 Å². The Morgan fingerprint density at radius 3 is 2.54 bits per heavy atom. The molecule has 0 unspecified atom stereocenters. The van der Waals surface area contributed by atoms with Gasteiger partial charge in [0.05, 0.1) is 28.1 Å². The van der Waals surface area contributed by atoms with E-state index in [1.807, 2.05) is 6.07 Å². The Bertz CT molecular complexity index is 930. The Hall–Kier alpha value is -2.63. The number of aromatic hydroxyl groups is 1. The molecule has 3 rings (SSSR count). The summed E-state index contributed by atoms with van der Waals surface area (Å²) in [6.45, 7) is 0. The van der Waals surface area contributed by atoms with E-state index in [0.717, 1.165) is 5.56 Å². The summed E-state index contributed by atoms with van der Waals surface area (Å²) in [6.07, 6.45) is 3.79. The predicted octanol–water partition coefficient (Wildman–Crippen LogP) is 4.73. The van der Waals surface area contributed by atoms with E-state index in [2.05, 4.69) is 15.3 Å². The van der Waals surface area contributed by atoms with Crippen LogP contribution < -0.4 is 5.32 Å². The van der Waals surface area contributed by atoms with Crippen LogP contribution in [0.15, 0.2) is 54.9 Å². The quantitative estimate of drug-likeness (QED) is 0.663. The van der Waals surface area contributed by atoms with Gasteiger partial charge in [0, 0.05) is 12.0 Å². The smallest absolute Gasteiger partial charge is 0.224 e. The number of nitrogens with zero attached hydrogens (tertiary/aromatic N) is 2. The van der Waals surface area contributed by atoms with Gasteiger partial charge in [-0.05, 0) is 30.2 Å². The second-order valence-electron chi connectivity index (χ2n) is 5.61. The van der Waals surface area contributed by atoms with E-state index in [9.17, 15) is 9.90 Å². The predicted molar refractivity (Wildman–Crippen MR) is 103 cm³/mol. The second kappa shape index (κ2) is 8.17. The number of carbonyl (C=O) groups is 1. The van der Waals surface area contributed by atoms with Crippen LogP contribution in [0.4, 0.5) is 5.69 Å². The van der Waals surface area contributed by atoms with E-state index in [0.29, 0.717) is 33.5 Å². The number of aromatic nitrogens is 2. The van der Waals surface area contributed by atoms with E-state index < -0.39 is 0 Å². The summed E-state index contributed by atoms with van der Waals surface area (Å²) in [5.41, 5.74) is 2.01. The maximum Gasteiger partial charge on any atom is 0.224 e. The van der Waals surface area contributed by atoms with E-state index in [1.165, 1.54) is 12.4 Å². The third kappa shape index (κ3) is 4.50. The maximum atomic E-state index is 12.1. The molecule has 0 aliphatic heterocycles. The molecule has 1 aromatic heterocycles. The number of benzene rings is 2. The van der Waals surface area contributed by atoms with Gasteiger partial charge in [-0.2, -0.15) is 0 Å². The SMILES string of the molecule is O=C(CCc1cccc(Cl)c1Cl)Nc1cnc(-c2cccc(O)c2)nc1. The van der Waals surface area contributed by atoms with Gasteiger partial charge in [-0.15, -0.1) is 0 Å². The summed E-state index contributed by atoms with van der Waals surface area (Å²) in [6, 6.07) is 12.0. The maximum absolute atomic E-state index is 12.1. The first-order chi connectivity index (χ1) is 12.5. The normalized spacial score (nSPS) is 10.5. The van der Waals surface area contributed by atoms with Crippen molar-refractivity contribution < 1.29 is 9.90 Å². The van der Waals surface area contributed by atoms with Crippen molar-refractivity contribution in [2.45, 2.75) is 12.8 Å². The molecule has 0 saturated carbocycles. The van der Waals surface area contributed by atoms with Crippen LogP contribution in [-0.4, -0.2) is 21.0 Å². The molecule has 0 aliphatic rings. The number of amides is 1. The highest BCUT2D eigenvalue weighted by molar-refractivity contribution is 6.42. The standard InChI is InChI=1S/C19H15Cl2N3O2/c20-16-6-2-3-12(18(16)21)7-8-17(26)24-14-10-22-19(23-11-14)13-4-1-5-15(25)9-13/h1-6,9-11,25H,7-8H2,(H,24,26). The van der Waals surface area contributed by atoms with Crippen LogP contribution in [0, 0.1) is 0 Å². The molecule has 0 bridgehead atoms. The van der Waals surface area contributed by atoms with Gasteiger partial charge in [0.2, 0.25) is 5.91 Å². The van der Waals surface area contributed by atoms with Gasteiger partial charge in [-0.3, -0.25) is 4.79 Å². The van der Waals surface area contributed by atoms with Crippen molar-refractivity contribution in [2.75, 3.05) is 5.32 Å². The van der Waals surface area contributed by atoms with Gasteiger partial charge >= 0.3 is 0 Å². The monoisotopic (exact) mass is 387 g/mol. The Balaban J connectivity index is 1.60. The summed E-state index contributed by atoms with van der Waals surface area (Å²) >= 11 is 12.1. The number of phenols is 1. The largest absolute Gasteiger partial charge is 0.508 e. The average molecular weight is 388 g/mol. The van der Waals surface area contributed by atoms with Crippen LogP contribution in [-0.2, 0) is 11.2 Å². The Kier molecular flexibility index (Phi) is 5.71. The van der Waals surface area contributed by atoms with Gasteiger partial charge in [0.1, 0.15) is 5.75 Å². The number of nitrogens with one attached hydrogen (secondary N) is 1. The van der Waals surface area contributed by atoms with Gasteiger partial charge in [0.15, 0.2) is 5.82 Å². The molecule has 3 aromatic rings. The summed E-state index contributed by atoms with van der Waals surface area (Å²) in [7, 11) is 0. The fraction of sp³-hybridized carbons (Fsp3) is 0.105. The summed E-state index contributed by atoms with van der Waals surface area (Å²) in [4.78, 5) is 20.5. The number of hydrogen-bond acceptors (Lipinski definition) is 4. The fourth-order valence-corrected chi connectivity index (χ4v) is 2.81. The van der Waals surface area contributed by atoms with Gasteiger partial charge < -0.3 is 10.4 Å². The number of anilines is 1. The third-order valence-electron chi connectivity index (χ3n) is 3.69. The van der Waals surface area contributed by atoms with Crippen molar-refractivity contribution in [2.24, 2.45) is 0 Å². The van der Waals surface area contributed by atoms with Gasteiger partial charge in [-0.25, -0.2) is 9.97 Å². The topological polar surface area (TPSA) is 75.1 Å². The molecule has 1 amide bonds. The highest BCUT2D eigenvalue weighted by Crippen LogP contribution is 2.26. The minimum atomic E-state index is -0.172. The van der Waals surface area contributed by atoms with Crippen LogP contribution in [0.5, 0.6) is 5.75 Å². The summed E-state index contributed by atoms with van der Waals surface area (Å²) in [5.74, 6) is 0.433. The molecular weight excluding hydrogens is 373 g/mol. The molecule has 0 aliphatic carbocycles. The molecule has 5 nitrogen and oxygen atoms in total. The van der Waals surface area contributed by atoms with E-state index in [-0.39, 0.29) is 18.1 Å². The Morgan fingerprint density at radius 1 is 1.08 bits per heavy atom. The lowest BCUT2D eigenvalue weighted by atomic mass is 10.1. The van der Waals surface area contributed by atoms with E-state index in [1.54, 1.807) is 36.4 Å². The van der Waals surface area contributed by atoms with Crippen LogP contribution >= 0.6 is 23.2 Å². The highest BCUT2D eigenvalue weighted by atomic mass is 35.5. The zero-order chi connectivity index (χ0) is 18.5. The van der Waals surface area contributed by atoms with E-state index >= 15 is 0 Å². The number of halogens is 2. The number of carbonyl (C=O) groups excluding carboxylic acids is 1. The zero-order valence-corrected chi connectivity index (χ0v) is 15.1. The van der Waals surface area contributed by atoms with Crippen LogP contribution in [0.3, 0.4) is 0 Å². The Labute approximate surface area is 160 Å². The molecule has 2 N–H and O–H groups in total. The summed E-state index contributed by atoms with van der Waals surface area (Å²) in [5, 5.41) is 13.2. The third-order valence-corrected chi connectivity index (χ3v) is 4.55. The minimum Gasteiger partial charge on any atom is -0.508 e. The van der Waals surface area contributed by atoms with Crippen molar-refractivity contribution in [1.29, 1.82) is 0 Å². The van der Waals surface area contributed by atoms with Crippen molar-refractivity contribution >= 4 is 34.8 Å². The van der Waals surface area contributed by atoms with Crippen LogP contribution in [0.2, 0.25) is 10.0 Å². The zero-order valence-electron chi connectivity index (χ0n) is 13.6. The molecule has 7 heteroatoms. The van der Waals surface area contributed by atoms with Crippen molar-refractivity contribution in [1.82, 2.24) is 9.97 Å². The minimum absolute atomic E-state index is 0.142. The molecule has 0 fully saturated rings. The van der Waals surface area contributed by atoms with Crippen molar-refractivity contribution in [3.63, 3.8) is 0 Å². The molecule has 26 heavy (non-hydrogen) atoms. The molecule has 0 atom stereocenters. The Morgan fingerprint density at radius 2 is 1.81 bits per heavy atom. The lowest BCUT2D eigenvalue weighted by Gasteiger charge is -2.07. The van der Waals surface area contributed by atoms with Gasteiger partial charge in [-0.1, -0.05) is 47.5 Å². The van der Waals surface area contributed by atoms with Crippen molar-refractivity contribution in [3.8, 4) is 17.1 Å². The first-order valence-electron chi connectivity index (χ1n) is 7.87. The molecule has 0 spiro atoms. The van der Waals surface area contributed by atoms with Crippen molar-refractivity contribution in [3.05, 3.63) is 70.5 Å². The van der Waals surface area contributed by atoms with Gasteiger partial charge in [0.25, 0.3) is 0 Å². The summed E-state index contributed by atoms with van der Waals surface area (Å²) < 4.78 is 0. The molecule has 0 radical (unpaired) electrons. The molecular formula is C19H15Cl2N3O2. The lowest BCUT2D eigenvalue weighted by Crippen LogP contribution is -2.13. The molecule has 132 valence electrons. The first-order valence-corrected chi connectivity index (χ1v) is 8.63. The molecule has 0 saturated heterocycles. The lowest BCUT2D eigenvalue weighted by molar-refractivity contribution is -0.116. The fourth-order valence-electron chi connectivity index (χ4n) is 2.40. The number of aryl methyl sites for hydroxylation is 1. The molecule has 1 heterocycles. The first kappa shape index (κ1) is 18.2. The number of phenolic OH excluding ortho intramolecular Hbond substituents is 1. The number of hydrogen-bond donors (Lipinski definition) is 2. The highest BCUT2D eigenvalue weighted by Gasteiger charge is 2.09. The number of rotatable bonds is 5. The van der Waals surface area contributed by atoms with Crippen LogP contribution in [0.25, 0.3) is 11.4 Å². The van der Waals surface area contributed by atoms with Crippen LogP contribution in [0.1, 0.15) is 12.0 Å².